The molecule has 2 rings (SSSR count). The van der Waals surface area contributed by atoms with Crippen molar-refractivity contribution in [3.8, 4) is 5.69 Å². The summed E-state index contributed by atoms with van der Waals surface area (Å²) < 4.78 is 15.0. The van der Waals surface area contributed by atoms with Gasteiger partial charge in [0.05, 0.1) is 5.69 Å². The summed E-state index contributed by atoms with van der Waals surface area (Å²) in [4.78, 5) is 22.4. The van der Waals surface area contributed by atoms with Gasteiger partial charge in [-0.1, -0.05) is 0 Å². The lowest BCUT2D eigenvalue weighted by Gasteiger charge is -2.11. The number of carboxylic acid groups (broad SMARTS) is 1. The molecular formula is C12H8BrFN2O3. The molecule has 0 saturated heterocycles. The van der Waals surface area contributed by atoms with E-state index in [0.717, 1.165) is 6.07 Å². The van der Waals surface area contributed by atoms with Crippen LogP contribution in [0.2, 0.25) is 0 Å². The topological polar surface area (TPSA) is 72.2 Å². The summed E-state index contributed by atoms with van der Waals surface area (Å²) in [5.41, 5.74) is -0.572. The van der Waals surface area contributed by atoms with Gasteiger partial charge in [0.15, 0.2) is 0 Å². The second kappa shape index (κ2) is 4.93. The van der Waals surface area contributed by atoms with E-state index in [1.807, 2.05) is 0 Å². The van der Waals surface area contributed by atoms with Crippen LogP contribution in [0.1, 0.15) is 16.2 Å². The second-order valence-electron chi connectivity index (χ2n) is 3.81. The minimum atomic E-state index is -1.42. The van der Waals surface area contributed by atoms with Gasteiger partial charge in [-0.05, 0) is 35.0 Å². The van der Waals surface area contributed by atoms with Crippen LogP contribution in [0, 0.1) is 12.7 Å². The van der Waals surface area contributed by atoms with Gasteiger partial charge in [-0.25, -0.2) is 13.9 Å². The van der Waals surface area contributed by atoms with Gasteiger partial charge in [-0.15, -0.1) is 0 Å². The van der Waals surface area contributed by atoms with Gasteiger partial charge in [-0.2, -0.15) is 5.10 Å². The van der Waals surface area contributed by atoms with Gasteiger partial charge in [0.25, 0.3) is 0 Å². The van der Waals surface area contributed by atoms with Crippen molar-refractivity contribution in [2.45, 2.75) is 6.92 Å². The molecule has 1 heterocycles. The number of aromatic carboxylic acids is 1. The van der Waals surface area contributed by atoms with E-state index in [1.54, 1.807) is 6.92 Å². The predicted octanol–water partition coefficient (Wildman–Crippen LogP) is 2.14. The molecule has 19 heavy (non-hydrogen) atoms. The smallest absolute Gasteiger partial charge is 0.360 e. The van der Waals surface area contributed by atoms with Crippen LogP contribution >= 0.6 is 15.9 Å². The average molecular weight is 327 g/mol. The molecule has 0 aliphatic carbocycles. The lowest BCUT2D eigenvalue weighted by Crippen LogP contribution is -2.22. The lowest BCUT2D eigenvalue weighted by molar-refractivity contribution is 0.0686. The summed E-state index contributed by atoms with van der Waals surface area (Å²) in [6.07, 6.45) is 0. The first-order valence-electron chi connectivity index (χ1n) is 5.20. The molecule has 0 aliphatic rings. The van der Waals surface area contributed by atoms with Crippen LogP contribution in [0.25, 0.3) is 5.69 Å². The minimum absolute atomic E-state index is 0.319. The SMILES string of the molecule is Cc1cc(=O)c(C(=O)O)nn1-c1cc(F)ccc1Br. The van der Waals surface area contributed by atoms with E-state index in [9.17, 15) is 14.0 Å². The van der Waals surface area contributed by atoms with E-state index >= 15 is 0 Å². The average Bonchev–Trinajstić information content (AvgIpc) is 2.32. The maximum absolute atomic E-state index is 13.3. The van der Waals surface area contributed by atoms with Gasteiger partial charge >= 0.3 is 5.97 Å². The Kier molecular flexibility index (Phi) is 3.48. The highest BCUT2D eigenvalue weighted by Gasteiger charge is 2.15. The largest absolute Gasteiger partial charge is 0.476 e. The summed E-state index contributed by atoms with van der Waals surface area (Å²) in [5.74, 6) is -1.92. The first kappa shape index (κ1) is 13.4. The minimum Gasteiger partial charge on any atom is -0.476 e. The number of rotatable bonds is 2. The zero-order chi connectivity index (χ0) is 14.2. The van der Waals surface area contributed by atoms with Gasteiger partial charge in [0, 0.05) is 22.3 Å². The van der Waals surface area contributed by atoms with Crippen molar-refractivity contribution in [3.05, 3.63) is 56.2 Å². The van der Waals surface area contributed by atoms with Crippen LogP contribution in [-0.4, -0.2) is 20.9 Å². The maximum atomic E-state index is 13.3. The van der Waals surface area contributed by atoms with E-state index in [0.29, 0.717) is 15.9 Å². The summed E-state index contributed by atoms with van der Waals surface area (Å²) in [7, 11) is 0. The van der Waals surface area contributed by atoms with Gasteiger partial charge in [0.2, 0.25) is 11.1 Å². The van der Waals surface area contributed by atoms with Crippen molar-refractivity contribution in [3.63, 3.8) is 0 Å². The lowest BCUT2D eigenvalue weighted by atomic mass is 10.2. The van der Waals surface area contributed by atoms with Gasteiger partial charge < -0.3 is 5.11 Å². The van der Waals surface area contributed by atoms with Crippen molar-refractivity contribution in [1.29, 1.82) is 0 Å². The molecule has 0 bridgehead atoms. The molecular weight excluding hydrogens is 319 g/mol. The normalized spacial score (nSPS) is 10.5. The molecule has 7 heteroatoms. The number of benzene rings is 1. The highest BCUT2D eigenvalue weighted by Crippen LogP contribution is 2.22. The second-order valence-corrected chi connectivity index (χ2v) is 4.67. The summed E-state index contributed by atoms with van der Waals surface area (Å²) >= 11 is 3.23. The third-order valence-corrected chi connectivity index (χ3v) is 3.12. The van der Waals surface area contributed by atoms with Crippen LogP contribution in [0.4, 0.5) is 4.39 Å². The Labute approximate surface area is 115 Å². The number of aromatic nitrogens is 2. The van der Waals surface area contributed by atoms with Crippen LogP contribution in [0.15, 0.2) is 33.5 Å². The Morgan fingerprint density at radius 2 is 2.11 bits per heavy atom. The third kappa shape index (κ3) is 2.55. The summed E-state index contributed by atoms with van der Waals surface area (Å²) in [6, 6.07) is 5.07. The summed E-state index contributed by atoms with van der Waals surface area (Å²) in [6.45, 7) is 1.58. The van der Waals surface area contributed by atoms with Crippen molar-refractivity contribution < 1.29 is 14.3 Å². The number of nitrogens with zero attached hydrogens (tertiary/aromatic N) is 2. The number of carbonyl (C=O) groups is 1. The van der Waals surface area contributed by atoms with Gasteiger partial charge in [0.1, 0.15) is 5.82 Å². The fourth-order valence-corrected chi connectivity index (χ4v) is 2.00. The molecule has 0 saturated carbocycles. The number of hydrogen-bond donors (Lipinski definition) is 1. The standard InChI is InChI=1S/C12H8BrFN2O3/c1-6-4-10(17)11(12(18)19)15-16(6)9-5-7(14)2-3-8(9)13/h2-5H,1H3,(H,18,19). The quantitative estimate of drug-likeness (QED) is 0.917. The molecule has 0 atom stereocenters. The summed E-state index contributed by atoms with van der Waals surface area (Å²) in [5, 5.41) is 12.6. The monoisotopic (exact) mass is 326 g/mol. The Morgan fingerprint density at radius 3 is 2.74 bits per heavy atom. The fraction of sp³-hybridized carbons (Fsp3) is 0.0833. The number of aryl methyl sites for hydroxylation is 1. The molecule has 0 aliphatic heterocycles. The highest BCUT2D eigenvalue weighted by molar-refractivity contribution is 9.10. The molecule has 0 amide bonds. The highest BCUT2D eigenvalue weighted by atomic mass is 79.9. The molecule has 2 aromatic rings. The molecule has 1 aromatic heterocycles. The van der Waals surface area contributed by atoms with Crippen molar-refractivity contribution in [2.75, 3.05) is 0 Å². The number of halogens is 2. The van der Waals surface area contributed by atoms with Crippen molar-refractivity contribution in [2.24, 2.45) is 0 Å². The van der Waals surface area contributed by atoms with E-state index < -0.39 is 22.9 Å². The Morgan fingerprint density at radius 1 is 1.42 bits per heavy atom. The van der Waals surface area contributed by atoms with Crippen molar-refractivity contribution in [1.82, 2.24) is 9.78 Å². The van der Waals surface area contributed by atoms with Gasteiger partial charge in [-0.3, -0.25) is 4.79 Å². The first-order chi connectivity index (χ1) is 8.90. The predicted molar refractivity (Wildman–Crippen MR) is 69.2 cm³/mol. The van der Waals surface area contributed by atoms with Crippen LogP contribution in [0.5, 0.6) is 0 Å². The van der Waals surface area contributed by atoms with Crippen molar-refractivity contribution >= 4 is 21.9 Å². The Balaban J connectivity index is 2.75. The number of hydrogen-bond acceptors (Lipinski definition) is 3. The van der Waals surface area contributed by atoms with Crippen LogP contribution in [-0.2, 0) is 0 Å². The van der Waals surface area contributed by atoms with Crippen LogP contribution in [0.3, 0.4) is 0 Å². The Hall–Kier alpha value is -2.02. The van der Waals surface area contributed by atoms with E-state index in [2.05, 4.69) is 21.0 Å². The molecule has 0 spiro atoms. The maximum Gasteiger partial charge on any atom is 0.360 e. The van der Waals surface area contributed by atoms with E-state index in [-0.39, 0.29) is 0 Å². The molecule has 0 unspecified atom stereocenters. The van der Waals surface area contributed by atoms with E-state index in [4.69, 9.17) is 5.11 Å². The molecule has 5 nitrogen and oxygen atoms in total. The fourth-order valence-electron chi connectivity index (χ4n) is 1.59. The molecule has 0 fully saturated rings. The first-order valence-corrected chi connectivity index (χ1v) is 5.99. The molecule has 98 valence electrons. The zero-order valence-corrected chi connectivity index (χ0v) is 11.3. The molecule has 0 radical (unpaired) electrons. The van der Waals surface area contributed by atoms with Crippen LogP contribution < -0.4 is 5.43 Å². The zero-order valence-electron chi connectivity index (χ0n) is 9.72. The molecule has 1 aromatic carbocycles. The Bertz CT molecular complexity index is 727. The van der Waals surface area contributed by atoms with E-state index in [1.165, 1.54) is 22.9 Å². The number of carboxylic acids is 1. The molecule has 1 N–H and O–H groups in total. The third-order valence-electron chi connectivity index (χ3n) is 2.45.